The second-order valence-electron chi connectivity index (χ2n) is 3.75. The van der Waals surface area contributed by atoms with Gasteiger partial charge in [0.1, 0.15) is 5.75 Å². The van der Waals surface area contributed by atoms with E-state index in [1.54, 1.807) is 40.9 Å². The lowest BCUT2D eigenvalue weighted by Gasteiger charge is -2.14. The molecule has 0 bridgehead atoms. The molecule has 0 N–H and O–H groups in total. The quantitative estimate of drug-likeness (QED) is 0.484. The zero-order chi connectivity index (χ0) is 13.9. The summed E-state index contributed by atoms with van der Waals surface area (Å²) in [5, 5.41) is 0. The van der Waals surface area contributed by atoms with Gasteiger partial charge < -0.3 is 4.74 Å². The fraction of sp³-hybridized carbons (Fsp3) is 0.154. The number of halogens is 4. The summed E-state index contributed by atoms with van der Waals surface area (Å²) in [7, 11) is 0. The summed E-state index contributed by atoms with van der Waals surface area (Å²) in [5.74, 6) is -1.95. The Morgan fingerprint density at radius 2 is 1.89 bits per heavy atom. The molecule has 2 aromatic rings. The molecule has 0 aliphatic heterocycles. The molecular weight excluding hydrogens is 431 g/mol. The van der Waals surface area contributed by atoms with E-state index in [1.165, 1.54) is 24.3 Å². The Bertz CT molecular complexity index is 563. The van der Waals surface area contributed by atoms with E-state index in [1.807, 2.05) is 0 Å². The zero-order valence-electron chi connectivity index (χ0n) is 9.62. The van der Waals surface area contributed by atoms with Crippen LogP contribution in [0.15, 0.2) is 47.1 Å². The molecule has 0 saturated carbocycles. The van der Waals surface area contributed by atoms with Gasteiger partial charge in [-0.15, -0.1) is 0 Å². The van der Waals surface area contributed by atoms with Gasteiger partial charge in [0, 0.05) is 11.8 Å². The molecule has 0 atom stereocenters. The summed E-state index contributed by atoms with van der Waals surface area (Å²) in [6, 6.07) is 9.31. The Balaban J connectivity index is 2.18. The minimum atomic E-state index is -2.81. The Hall–Kier alpha value is -0.760. The number of aromatic nitrogens is 1. The van der Waals surface area contributed by atoms with Crippen molar-refractivity contribution in [2.75, 3.05) is 4.43 Å². The maximum Gasteiger partial charge on any atom is 0.282 e. The van der Waals surface area contributed by atoms with Gasteiger partial charge >= 0.3 is 0 Å². The third-order valence-corrected chi connectivity index (χ3v) is 3.95. The Kier molecular flexibility index (Phi) is 4.72. The molecule has 0 aliphatic carbocycles. The largest absolute Gasteiger partial charge is 0.438 e. The minimum absolute atomic E-state index is 0.0191. The minimum Gasteiger partial charge on any atom is -0.438 e. The molecule has 0 spiro atoms. The van der Waals surface area contributed by atoms with Gasteiger partial charge in [-0.3, -0.25) is 0 Å². The molecule has 0 fully saturated rings. The third kappa shape index (κ3) is 3.62. The maximum atomic E-state index is 13.4. The van der Waals surface area contributed by atoms with Crippen LogP contribution in [0.1, 0.15) is 5.56 Å². The van der Waals surface area contributed by atoms with Crippen molar-refractivity contribution in [3.63, 3.8) is 0 Å². The van der Waals surface area contributed by atoms with Crippen LogP contribution in [0.3, 0.4) is 0 Å². The highest BCUT2D eigenvalue weighted by molar-refractivity contribution is 14.1. The molecule has 1 heterocycles. The van der Waals surface area contributed by atoms with E-state index >= 15 is 0 Å². The highest BCUT2D eigenvalue weighted by Crippen LogP contribution is 2.32. The summed E-state index contributed by atoms with van der Waals surface area (Å²) in [6.07, 6.45) is 1.60. The molecule has 0 unspecified atom stereocenters. The molecule has 2 nitrogen and oxygen atoms in total. The highest BCUT2D eigenvalue weighted by Gasteiger charge is 2.29. The number of hydrogen-bond donors (Lipinski definition) is 0. The van der Waals surface area contributed by atoms with Crippen molar-refractivity contribution in [2.45, 2.75) is 5.92 Å². The maximum absolute atomic E-state index is 13.4. The molecule has 0 amide bonds. The summed E-state index contributed by atoms with van der Waals surface area (Å²) >= 11 is 4.97. The van der Waals surface area contributed by atoms with Gasteiger partial charge in [0.2, 0.25) is 5.88 Å². The van der Waals surface area contributed by atoms with Crippen LogP contribution in [0.25, 0.3) is 0 Å². The standard InChI is InChI=1S/C13H9BrF2INO/c14-11-2-1-7-18-12(11)19-10-5-3-9(4-6-10)13(15,16)8-17/h1-7H,8H2. The van der Waals surface area contributed by atoms with Crippen molar-refractivity contribution in [1.29, 1.82) is 0 Å². The molecule has 0 aliphatic rings. The van der Waals surface area contributed by atoms with Gasteiger partial charge in [-0.2, -0.15) is 0 Å². The van der Waals surface area contributed by atoms with Crippen molar-refractivity contribution >= 4 is 38.5 Å². The molecule has 100 valence electrons. The lowest BCUT2D eigenvalue weighted by atomic mass is 10.1. The number of nitrogens with zero attached hydrogens (tertiary/aromatic N) is 1. The van der Waals surface area contributed by atoms with Crippen LogP contribution in [0.4, 0.5) is 8.78 Å². The first-order valence-electron chi connectivity index (χ1n) is 5.35. The molecule has 6 heteroatoms. The second-order valence-corrected chi connectivity index (χ2v) is 5.37. The zero-order valence-corrected chi connectivity index (χ0v) is 13.4. The van der Waals surface area contributed by atoms with E-state index in [2.05, 4.69) is 20.9 Å². The average Bonchev–Trinajstić information content (AvgIpc) is 2.42. The van der Waals surface area contributed by atoms with Crippen molar-refractivity contribution in [3.8, 4) is 11.6 Å². The summed E-state index contributed by atoms with van der Waals surface area (Å²) in [4.78, 5) is 4.04. The average molecular weight is 440 g/mol. The van der Waals surface area contributed by atoms with Crippen LogP contribution in [-0.4, -0.2) is 9.41 Å². The van der Waals surface area contributed by atoms with Crippen molar-refractivity contribution in [1.82, 2.24) is 4.98 Å². The monoisotopic (exact) mass is 439 g/mol. The molecule has 1 aromatic carbocycles. The fourth-order valence-corrected chi connectivity index (χ4v) is 2.18. The van der Waals surface area contributed by atoms with E-state index in [9.17, 15) is 8.78 Å². The van der Waals surface area contributed by atoms with Gasteiger partial charge in [-0.1, -0.05) is 22.6 Å². The number of alkyl halides is 3. The van der Waals surface area contributed by atoms with Crippen molar-refractivity contribution < 1.29 is 13.5 Å². The van der Waals surface area contributed by atoms with Crippen LogP contribution >= 0.6 is 38.5 Å². The topological polar surface area (TPSA) is 22.1 Å². The molecular formula is C13H9BrF2INO. The number of pyridine rings is 1. The molecule has 0 saturated heterocycles. The molecule has 2 rings (SSSR count). The Morgan fingerprint density at radius 1 is 1.21 bits per heavy atom. The summed E-state index contributed by atoms with van der Waals surface area (Å²) in [6.45, 7) is 0. The van der Waals surface area contributed by atoms with Crippen LogP contribution in [0, 0.1) is 0 Å². The Morgan fingerprint density at radius 3 is 2.47 bits per heavy atom. The number of rotatable bonds is 4. The highest BCUT2D eigenvalue weighted by atomic mass is 127. The Labute approximate surface area is 131 Å². The first-order chi connectivity index (χ1) is 9.03. The third-order valence-electron chi connectivity index (χ3n) is 2.38. The van der Waals surface area contributed by atoms with E-state index < -0.39 is 5.92 Å². The van der Waals surface area contributed by atoms with E-state index in [-0.39, 0.29) is 9.99 Å². The number of benzene rings is 1. The number of hydrogen-bond acceptors (Lipinski definition) is 2. The molecule has 0 radical (unpaired) electrons. The number of ether oxygens (including phenoxy) is 1. The van der Waals surface area contributed by atoms with E-state index in [0.717, 1.165) is 0 Å². The van der Waals surface area contributed by atoms with E-state index in [0.29, 0.717) is 16.1 Å². The van der Waals surface area contributed by atoms with Crippen LogP contribution in [0.5, 0.6) is 11.6 Å². The van der Waals surface area contributed by atoms with Crippen molar-refractivity contribution in [2.24, 2.45) is 0 Å². The lowest BCUT2D eigenvalue weighted by Crippen LogP contribution is -2.14. The van der Waals surface area contributed by atoms with Crippen LogP contribution in [0.2, 0.25) is 0 Å². The van der Waals surface area contributed by atoms with Gasteiger partial charge in [0.05, 0.1) is 8.90 Å². The normalized spacial score (nSPS) is 11.4. The second kappa shape index (κ2) is 6.13. The van der Waals surface area contributed by atoms with E-state index in [4.69, 9.17) is 4.74 Å². The van der Waals surface area contributed by atoms with Gasteiger partial charge in [0.15, 0.2) is 0 Å². The van der Waals surface area contributed by atoms with Crippen LogP contribution < -0.4 is 4.74 Å². The SMILES string of the molecule is FC(F)(CI)c1ccc(Oc2ncccc2Br)cc1. The summed E-state index contributed by atoms with van der Waals surface area (Å²) in [5.41, 5.74) is -0.0191. The van der Waals surface area contributed by atoms with Gasteiger partial charge in [-0.05, 0) is 52.3 Å². The first-order valence-corrected chi connectivity index (χ1v) is 7.67. The van der Waals surface area contributed by atoms with Gasteiger partial charge in [-0.25, -0.2) is 13.8 Å². The fourth-order valence-electron chi connectivity index (χ4n) is 1.40. The lowest BCUT2D eigenvalue weighted by molar-refractivity contribution is 0.0265. The van der Waals surface area contributed by atoms with Gasteiger partial charge in [0.25, 0.3) is 5.92 Å². The smallest absolute Gasteiger partial charge is 0.282 e. The summed E-state index contributed by atoms with van der Waals surface area (Å²) < 4.78 is 32.8. The van der Waals surface area contributed by atoms with Crippen LogP contribution in [-0.2, 0) is 5.92 Å². The molecule has 1 aromatic heterocycles. The molecule has 19 heavy (non-hydrogen) atoms. The predicted octanol–water partition coefficient (Wildman–Crippen LogP) is 5.16. The first kappa shape index (κ1) is 14.6. The van der Waals surface area contributed by atoms with Crippen molar-refractivity contribution in [3.05, 3.63) is 52.6 Å². The predicted molar refractivity (Wildman–Crippen MR) is 81.2 cm³/mol.